The Morgan fingerprint density at radius 1 is 0.963 bits per heavy atom. The zero-order valence-corrected chi connectivity index (χ0v) is 15.5. The van der Waals surface area contributed by atoms with Gasteiger partial charge in [0.1, 0.15) is 11.5 Å². The molecule has 0 atom stereocenters. The molecule has 1 aliphatic rings. The minimum absolute atomic E-state index is 0.0204. The van der Waals surface area contributed by atoms with E-state index in [1.807, 2.05) is 30.3 Å². The average molecular weight is 361 g/mol. The maximum atomic E-state index is 12.4. The second-order valence-corrected chi connectivity index (χ2v) is 6.79. The predicted octanol–water partition coefficient (Wildman–Crippen LogP) is 4.74. The molecule has 27 heavy (non-hydrogen) atoms. The number of nitrogens with one attached hydrogen (secondary N) is 1. The van der Waals surface area contributed by atoms with Crippen molar-refractivity contribution in [2.45, 2.75) is 25.7 Å². The summed E-state index contributed by atoms with van der Waals surface area (Å²) in [5.41, 5.74) is 3.66. The minimum atomic E-state index is 0.0204. The highest BCUT2D eigenvalue weighted by Gasteiger charge is 2.16. The topological polar surface area (TPSA) is 47.6 Å². The molecule has 4 rings (SSSR count). The molecule has 0 saturated carbocycles. The molecule has 3 aromatic rings. The van der Waals surface area contributed by atoms with Gasteiger partial charge in [-0.25, -0.2) is 0 Å². The van der Waals surface area contributed by atoms with Gasteiger partial charge in [0.05, 0.1) is 13.7 Å². The minimum Gasteiger partial charge on any atom is -0.497 e. The monoisotopic (exact) mass is 361 g/mol. The van der Waals surface area contributed by atoms with Gasteiger partial charge in [0.15, 0.2) is 0 Å². The normalized spacial score (nSPS) is 12.2. The first-order valence-corrected chi connectivity index (χ1v) is 9.35. The van der Waals surface area contributed by atoms with E-state index in [0.717, 1.165) is 35.4 Å². The number of rotatable bonds is 7. The number of ether oxygens (including phenoxy) is 2. The SMILES string of the molecule is COc1ccc(OCCCC(=O)Nc2ccc3c4c(cccc24)CC3)cc1. The van der Waals surface area contributed by atoms with Gasteiger partial charge in [0.25, 0.3) is 0 Å². The van der Waals surface area contributed by atoms with E-state index in [2.05, 4.69) is 29.6 Å². The largest absolute Gasteiger partial charge is 0.497 e. The lowest BCUT2D eigenvalue weighted by molar-refractivity contribution is -0.116. The molecule has 4 nitrogen and oxygen atoms in total. The first kappa shape index (κ1) is 17.4. The van der Waals surface area contributed by atoms with E-state index >= 15 is 0 Å². The summed E-state index contributed by atoms with van der Waals surface area (Å²) in [6.45, 7) is 0.504. The van der Waals surface area contributed by atoms with Crippen LogP contribution in [-0.2, 0) is 17.6 Å². The Morgan fingerprint density at radius 2 is 1.70 bits per heavy atom. The Bertz CT molecular complexity index is 953. The zero-order chi connectivity index (χ0) is 18.6. The first-order chi connectivity index (χ1) is 13.2. The van der Waals surface area contributed by atoms with Crippen LogP contribution in [0.2, 0.25) is 0 Å². The Labute approximate surface area is 159 Å². The standard InChI is InChI=1S/C23H23NO3/c1-26-18-10-12-19(13-11-18)27-15-3-6-22(25)24-21-14-9-17-8-7-16-4-2-5-20(21)23(16)17/h2,4-5,9-14H,3,6-8,15H2,1H3,(H,24,25). The third kappa shape index (κ3) is 3.75. The van der Waals surface area contributed by atoms with Crippen LogP contribution in [0.5, 0.6) is 11.5 Å². The number of benzene rings is 3. The van der Waals surface area contributed by atoms with Crippen LogP contribution in [0, 0.1) is 0 Å². The van der Waals surface area contributed by atoms with Crippen molar-refractivity contribution in [3.05, 3.63) is 65.7 Å². The highest BCUT2D eigenvalue weighted by molar-refractivity contribution is 6.05. The molecule has 0 unspecified atom stereocenters. The maximum Gasteiger partial charge on any atom is 0.224 e. The van der Waals surface area contributed by atoms with Crippen molar-refractivity contribution in [1.82, 2.24) is 0 Å². The second kappa shape index (κ2) is 7.70. The van der Waals surface area contributed by atoms with Crippen molar-refractivity contribution in [3.63, 3.8) is 0 Å². The van der Waals surface area contributed by atoms with Crippen LogP contribution in [-0.4, -0.2) is 19.6 Å². The Kier molecular flexibility index (Phi) is 4.97. The lowest BCUT2D eigenvalue weighted by Crippen LogP contribution is -2.13. The molecule has 0 radical (unpaired) electrons. The summed E-state index contributed by atoms with van der Waals surface area (Å²) in [5.74, 6) is 1.60. The van der Waals surface area contributed by atoms with E-state index in [9.17, 15) is 4.79 Å². The van der Waals surface area contributed by atoms with Gasteiger partial charge < -0.3 is 14.8 Å². The summed E-state index contributed by atoms with van der Waals surface area (Å²) in [6.07, 6.45) is 3.28. The van der Waals surface area contributed by atoms with Gasteiger partial charge in [-0.1, -0.05) is 24.3 Å². The highest BCUT2D eigenvalue weighted by atomic mass is 16.5. The van der Waals surface area contributed by atoms with Crippen LogP contribution in [0.1, 0.15) is 24.0 Å². The van der Waals surface area contributed by atoms with Crippen molar-refractivity contribution in [1.29, 1.82) is 0 Å². The molecule has 0 saturated heterocycles. The van der Waals surface area contributed by atoms with E-state index in [0.29, 0.717) is 19.4 Å². The van der Waals surface area contributed by atoms with E-state index in [1.54, 1.807) is 7.11 Å². The van der Waals surface area contributed by atoms with Crippen LogP contribution in [0.25, 0.3) is 10.8 Å². The van der Waals surface area contributed by atoms with Gasteiger partial charge in [0, 0.05) is 17.5 Å². The van der Waals surface area contributed by atoms with Crippen LogP contribution in [0.3, 0.4) is 0 Å². The summed E-state index contributed by atoms with van der Waals surface area (Å²) in [6, 6.07) is 18.0. The number of anilines is 1. The summed E-state index contributed by atoms with van der Waals surface area (Å²) >= 11 is 0. The van der Waals surface area contributed by atoms with Crippen LogP contribution in [0.15, 0.2) is 54.6 Å². The van der Waals surface area contributed by atoms with Gasteiger partial charge in [-0.3, -0.25) is 4.79 Å². The van der Waals surface area contributed by atoms with E-state index in [4.69, 9.17) is 9.47 Å². The van der Waals surface area contributed by atoms with Crippen molar-refractivity contribution >= 4 is 22.4 Å². The Balaban J connectivity index is 1.32. The van der Waals surface area contributed by atoms with Gasteiger partial charge in [-0.15, -0.1) is 0 Å². The van der Waals surface area contributed by atoms with Crippen molar-refractivity contribution < 1.29 is 14.3 Å². The molecule has 1 N–H and O–H groups in total. The fourth-order valence-corrected chi connectivity index (χ4v) is 3.66. The smallest absolute Gasteiger partial charge is 0.224 e. The van der Waals surface area contributed by atoms with Crippen molar-refractivity contribution in [2.24, 2.45) is 0 Å². The fourth-order valence-electron chi connectivity index (χ4n) is 3.66. The van der Waals surface area contributed by atoms with Crippen molar-refractivity contribution in [3.8, 4) is 11.5 Å². The maximum absolute atomic E-state index is 12.4. The lowest BCUT2D eigenvalue weighted by atomic mass is 10.0. The molecule has 138 valence electrons. The van der Waals surface area contributed by atoms with Gasteiger partial charge in [0.2, 0.25) is 5.91 Å². The molecular formula is C23H23NO3. The molecule has 1 aliphatic carbocycles. The third-order valence-electron chi connectivity index (χ3n) is 5.03. The predicted molar refractivity (Wildman–Crippen MR) is 108 cm³/mol. The number of hydrogen-bond acceptors (Lipinski definition) is 3. The number of methoxy groups -OCH3 is 1. The van der Waals surface area contributed by atoms with Gasteiger partial charge in [-0.05, 0) is 66.1 Å². The highest BCUT2D eigenvalue weighted by Crippen LogP contribution is 2.35. The Hall–Kier alpha value is -3.01. The van der Waals surface area contributed by atoms with Crippen LogP contribution < -0.4 is 14.8 Å². The number of amides is 1. The third-order valence-corrected chi connectivity index (χ3v) is 5.03. The van der Waals surface area contributed by atoms with E-state index in [-0.39, 0.29) is 5.91 Å². The lowest BCUT2D eigenvalue weighted by Gasteiger charge is -2.11. The van der Waals surface area contributed by atoms with Crippen LogP contribution in [0.4, 0.5) is 5.69 Å². The number of carbonyl (C=O) groups is 1. The summed E-state index contributed by atoms with van der Waals surface area (Å²) in [5, 5.41) is 5.53. The average Bonchev–Trinajstić information content (AvgIpc) is 3.13. The summed E-state index contributed by atoms with van der Waals surface area (Å²) in [4.78, 5) is 12.4. The molecule has 1 amide bonds. The van der Waals surface area contributed by atoms with Gasteiger partial charge >= 0.3 is 0 Å². The summed E-state index contributed by atoms with van der Waals surface area (Å²) < 4.78 is 10.8. The van der Waals surface area contributed by atoms with E-state index in [1.165, 1.54) is 16.5 Å². The first-order valence-electron chi connectivity index (χ1n) is 9.35. The molecule has 4 heteroatoms. The number of hydrogen-bond donors (Lipinski definition) is 1. The zero-order valence-electron chi connectivity index (χ0n) is 15.5. The fraction of sp³-hybridized carbons (Fsp3) is 0.261. The number of carbonyl (C=O) groups excluding carboxylic acids is 1. The number of aryl methyl sites for hydroxylation is 2. The molecule has 0 aliphatic heterocycles. The molecule has 0 fully saturated rings. The molecular weight excluding hydrogens is 338 g/mol. The molecule has 3 aromatic carbocycles. The molecule has 0 heterocycles. The summed E-state index contributed by atoms with van der Waals surface area (Å²) in [7, 11) is 1.64. The molecule has 0 aromatic heterocycles. The molecule has 0 spiro atoms. The Morgan fingerprint density at radius 3 is 2.48 bits per heavy atom. The van der Waals surface area contributed by atoms with Gasteiger partial charge in [-0.2, -0.15) is 0 Å². The van der Waals surface area contributed by atoms with E-state index < -0.39 is 0 Å². The quantitative estimate of drug-likeness (QED) is 0.618. The molecule has 0 bridgehead atoms. The van der Waals surface area contributed by atoms with Crippen LogP contribution >= 0.6 is 0 Å². The second-order valence-electron chi connectivity index (χ2n) is 6.79. The van der Waals surface area contributed by atoms with Crippen molar-refractivity contribution in [2.75, 3.05) is 19.0 Å².